The van der Waals surface area contributed by atoms with Crippen LogP contribution in [0.25, 0.3) is 0 Å². The van der Waals surface area contributed by atoms with Gasteiger partial charge < -0.3 is 10.8 Å². The second-order valence-electron chi connectivity index (χ2n) is 7.82. The molecule has 2 rings (SSSR count). The molecule has 2 unspecified atom stereocenters. The van der Waals surface area contributed by atoms with E-state index in [4.69, 9.17) is 5.73 Å². The maximum Gasteiger partial charge on any atom is 0.0722 e. The molecule has 3 N–H and O–H groups in total. The van der Waals surface area contributed by atoms with E-state index in [2.05, 4.69) is 32.9 Å². The number of hydrogen-bond donors (Lipinski definition) is 2. The Kier molecular flexibility index (Phi) is 5.45. The molecule has 0 bridgehead atoms. The highest BCUT2D eigenvalue weighted by atomic mass is 16.3. The number of aliphatic hydroxyl groups excluding tert-OH is 1. The van der Waals surface area contributed by atoms with Crippen LogP contribution in [0.5, 0.6) is 0 Å². The fourth-order valence-corrected chi connectivity index (χ4v) is 3.68. The van der Waals surface area contributed by atoms with Gasteiger partial charge in [0.2, 0.25) is 0 Å². The molecule has 0 aromatic heterocycles. The monoisotopic (exact) mass is 289 g/mol. The van der Waals surface area contributed by atoms with Crippen molar-refractivity contribution in [2.75, 3.05) is 0 Å². The maximum atomic E-state index is 10.6. The van der Waals surface area contributed by atoms with Gasteiger partial charge in [0.15, 0.2) is 0 Å². The third kappa shape index (κ3) is 4.55. The van der Waals surface area contributed by atoms with Gasteiger partial charge in [-0.05, 0) is 54.9 Å². The summed E-state index contributed by atoms with van der Waals surface area (Å²) in [4.78, 5) is 0. The molecule has 1 aromatic rings. The van der Waals surface area contributed by atoms with E-state index in [0.717, 1.165) is 25.2 Å². The molecular weight excluding hydrogens is 258 g/mol. The van der Waals surface area contributed by atoms with Crippen molar-refractivity contribution in [2.24, 2.45) is 23.0 Å². The summed E-state index contributed by atoms with van der Waals surface area (Å²) >= 11 is 0. The van der Waals surface area contributed by atoms with Gasteiger partial charge in [-0.2, -0.15) is 0 Å². The summed E-state index contributed by atoms with van der Waals surface area (Å²) in [6.45, 7) is 6.99. The molecule has 1 aliphatic carbocycles. The molecule has 0 heterocycles. The minimum atomic E-state index is -0.369. The second kappa shape index (κ2) is 6.93. The van der Waals surface area contributed by atoms with E-state index in [1.165, 1.54) is 18.4 Å². The van der Waals surface area contributed by atoms with Crippen LogP contribution in [-0.4, -0.2) is 17.3 Å². The molecule has 21 heavy (non-hydrogen) atoms. The lowest BCUT2D eigenvalue weighted by Crippen LogP contribution is -2.43. The normalized spacial score (nSPS) is 26.3. The first kappa shape index (κ1) is 16.5. The maximum absolute atomic E-state index is 10.6. The zero-order valence-electron chi connectivity index (χ0n) is 13.8. The predicted octanol–water partition coefficient (Wildman–Crippen LogP) is 3.77. The third-order valence-electron chi connectivity index (χ3n) is 5.23. The van der Waals surface area contributed by atoms with Gasteiger partial charge in [-0.15, -0.1) is 0 Å². The van der Waals surface area contributed by atoms with Crippen molar-refractivity contribution < 1.29 is 5.11 Å². The summed E-state index contributed by atoms with van der Waals surface area (Å²) in [5.41, 5.74) is 7.86. The van der Waals surface area contributed by atoms with Crippen molar-refractivity contribution in [1.82, 2.24) is 0 Å². The summed E-state index contributed by atoms with van der Waals surface area (Å²) in [5, 5.41) is 10.6. The van der Waals surface area contributed by atoms with Gasteiger partial charge in [0.1, 0.15) is 0 Å². The lowest BCUT2D eigenvalue weighted by molar-refractivity contribution is 0.0371. The first-order valence-electron chi connectivity index (χ1n) is 8.35. The molecule has 1 fully saturated rings. The number of aliphatic hydroxyl groups is 1. The van der Waals surface area contributed by atoms with Gasteiger partial charge in [0.25, 0.3) is 0 Å². The largest absolute Gasteiger partial charge is 0.391 e. The lowest BCUT2D eigenvalue weighted by atomic mass is 9.68. The summed E-state index contributed by atoms with van der Waals surface area (Å²) in [6, 6.07) is 10.1. The molecule has 2 atom stereocenters. The van der Waals surface area contributed by atoms with E-state index >= 15 is 0 Å². The van der Waals surface area contributed by atoms with E-state index < -0.39 is 0 Å². The number of rotatable bonds is 4. The van der Waals surface area contributed by atoms with Gasteiger partial charge >= 0.3 is 0 Å². The average Bonchev–Trinajstić information content (AvgIpc) is 2.46. The van der Waals surface area contributed by atoms with Crippen LogP contribution in [0.1, 0.15) is 52.0 Å². The molecule has 2 nitrogen and oxygen atoms in total. The summed E-state index contributed by atoms with van der Waals surface area (Å²) < 4.78 is 0. The second-order valence-corrected chi connectivity index (χ2v) is 7.82. The van der Waals surface area contributed by atoms with Crippen LogP contribution < -0.4 is 5.73 Å². The van der Waals surface area contributed by atoms with E-state index in [9.17, 15) is 5.11 Å². The number of hydrogen-bond acceptors (Lipinski definition) is 2. The molecule has 1 saturated carbocycles. The van der Waals surface area contributed by atoms with Crippen LogP contribution in [0.15, 0.2) is 30.3 Å². The van der Waals surface area contributed by atoms with Crippen molar-refractivity contribution in [3.63, 3.8) is 0 Å². The van der Waals surface area contributed by atoms with Gasteiger partial charge in [0.05, 0.1) is 6.10 Å². The van der Waals surface area contributed by atoms with Crippen LogP contribution in [0.4, 0.5) is 0 Å². The number of benzene rings is 1. The minimum absolute atomic E-state index is 0.149. The Morgan fingerprint density at radius 2 is 1.67 bits per heavy atom. The Balaban J connectivity index is 1.85. The molecule has 0 amide bonds. The van der Waals surface area contributed by atoms with Gasteiger partial charge in [0, 0.05) is 6.04 Å². The van der Waals surface area contributed by atoms with Crippen molar-refractivity contribution >= 4 is 0 Å². The minimum Gasteiger partial charge on any atom is -0.391 e. The zero-order chi connectivity index (χ0) is 15.5. The molecule has 1 aliphatic rings. The predicted molar refractivity (Wildman–Crippen MR) is 89.0 cm³/mol. The van der Waals surface area contributed by atoms with Gasteiger partial charge in [-0.25, -0.2) is 0 Å². The van der Waals surface area contributed by atoms with Crippen molar-refractivity contribution in [2.45, 2.75) is 65.0 Å². The molecule has 0 radical (unpaired) electrons. The Morgan fingerprint density at radius 1 is 1.10 bits per heavy atom. The van der Waals surface area contributed by atoms with Crippen LogP contribution in [-0.2, 0) is 6.42 Å². The molecular formula is C19H31NO. The van der Waals surface area contributed by atoms with Crippen LogP contribution in [0.3, 0.4) is 0 Å². The molecule has 0 saturated heterocycles. The van der Waals surface area contributed by atoms with Gasteiger partial charge in [-0.3, -0.25) is 0 Å². The fraction of sp³-hybridized carbons (Fsp3) is 0.684. The van der Waals surface area contributed by atoms with Gasteiger partial charge in [-0.1, -0.05) is 51.1 Å². The zero-order valence-corrected chi connectivity index (χ0v) is 13.8. The third-order valence-corrected chi connectivity index (χ3v) is 5.23. The van der Waals surface area contributed by atoms with Crippen molar-refractivity contribution in [3.8, 4) is 0 Å². The number of nitrogens with two attached hydrogens (primary N) is 1. The summed E-state index contributed by atoms with van der Waals surface area (Å²) in [6.07, 6.45) is 5.08. The lowest BCUT2D eigenvalue weighted by Gasteiger charge is -2.39. The van der Waals surface area contributed by atoms with Crippen LogP contribution >= 0.6 is 0 Å². The molecule has 118 valence electrons. The Bertz CT molecular complexity index is 415. The average molecular weight is 289 g/mol. The summed E-state index contributed by atoms with van der Waals surface area (Å²) in [5.74, 6) is 1.16. The Hall–Kier alpha value is -0.860. The topological polar surface area (TPSA) is 46.2 Å². The molecule has 0 spiro atoms. The molecule has 2 heteroatoms. The fourth-order valence-electron chi connectivity index (χ4n) is 3.68. The highest BCUT2D eigenvalue weighted by Gasteiger charge is 2.34. The Morgan fingerprint density at radius 3 is 2.19 bits per heavy atom. The first-order chi connectivity index (χ1) is 9.88. The smallest absolute Gasteiger partial charge is 0.0722 e. The standard InChI is InChI=1S/C19H31NO/c1-19(2,3)16-11-9-15(10-12-16)18(21)17(20)13-14-7-5-4-6-8-14/h4-8,15-18,21H,9-13,20H2,1-3H3. The van der Waals surface area contributed by atoms with Crippen molar-refractivity contribution in [1.29, 1.82) is 0 Å². The first-order valence-corrected chi connectivity index (χ1v) is 8.35. The van der Waals surface area contributed by atoms with E-state index in [-0.39, 0.29) is 12.1 Å². The highest BCUT2D eigenvalue weighted by Crippen LogP contribution is 2.41. The van der Waals surface area contributed by atoms with E-state index in [1.54, 1.807) is 0 Å². The van der Waals surface area contributed by atoms with E-state index in [0.29, 0.717) is 11.3 Å². The molecule has 1 aromatic carbocycles. The van der Waals surface area contributed by atoms with E-state index in [1.807, 2.05) is 18.2 Å². The summed E-state index contributed by atoms with van der Waals surface area (Å²) in [7, 11) is 0. The van der Waals surface area contributed by atoms with Crippen LogP contribution in [0, 0.1) is 17.3 Å². The molecule has 0 aliphatic heterocycles. The SMILES string of the molecule is CC(C)(C)C1CCC(C(O)C(N)Cc2ccccc2)CC1. The van der Waals surface area contributed by atoms with Crippen molar-refractivity contribution in [3.05, 3.63) is 35.9 Å². The van der Waals surface area contributed by atoms with Crippen LogP contribution in [0.2, 0.25) is 0 Å². The Labute approximate surface area is 129 Å². The highest BCUT2D eigenvalue weighted by molar-refractivity contribution is 5.16. The quantitative estimate of drug-likeness (QED) is 0.886.